The molecule has 0 unspecified atom stereocenters. The van der Waals surface area contributed by atoms with E-state index in [1.165, 1.54) is 16.9 Å². The number of hydrogen-bond donors (Lipinski definition) is 1. The molecule has 0 radical (unpaired) electrons. The largest absolute Gasteiger partial charge is 0.477 e. The molecule has 0 saturated carbocycles. The highest BCUT2D eigenvalue weighted by Crippen LogP contribution is 2.34. The van der Waals surface area contributed by atoms with Gasteiger partial charge >= 0.3 is 5.97 Å². The van der Waals surface area contributed by atoms with Crippen molar-refractivity contribution in [2.45, 2.75) is 13.3 Å². The van der Waals surface area contributed by atoms with Crippen molar-refractivity contribution in [2.75, 3.05) is 0 Å². The third kappa shape index (κ3) is 2.72. The van der Waals surface area contributed by atoms with Gasteiger partial charge in [0.2, 0.25) is 0 Å². The summed E-state index contributed by atoms with van der Waals surface area (Å²) in [5.74, 6) is -0.928. The van der Waals surface area contributed by atoms with Crippen LogP contribution in [0.2, 0.25) is 0 Å². The summed E-state index contributed by atoms with van der Waals surface area (Å²) < 4.78 is 1.88. The molecule has 4 nitrogen and oxygen atoms in total. The van der Waals surface area contributed by atoms with E-state index in [-0.39, 0.29) is 0 Å². The van der Waals surface area contributed by atoms with Gasteiger partial charge in [0.1, 0.15) is 4.88 Å². The molecule has 4 aromatic rings. The van der Waals surface area contributed by atoms with E-state index in [1.807, 2.05) is 40.9 Å². The number of aromatic nitrogens is 2. The third-order valence-corrected chi connectivity index (χ3v) is 5.26. The Morgan fingerprint density at radius 2 is 1.80 bits per heavy atom. The molecule has 0 aliphatic carbocycles. The van der Waals surface area contributed by atoms with Crippen LogP contribution in [0, 0.1) is 0 Å². The molecule has 25 heavy (non-hydrogen) atoms. The van der Waals surface area contributed by atoms with Crippen LogP contribution in [0.15, 0.2) is 60.8 Å². The number of carbonyl (C=O) groups is 1. The number of hydrogen-bond acceptors (Lipinski definition) is 3. The summed E-state index contributed by atoms with van der Waals surface area (Å²) in [4.78, 5) is 17.3. The van der Waals surface area contributed by atoms with Crippen LogP contribution in [0.4, 0.5) is 0 Å². The molecule has 2 aromatic heterocycles. The average molecular weight is 348 g/mol. The quantitative estimate of drug-likeness (QED) is 0.565. The van der Waals surface area contributed by atoms with Gasteiger partial charge in [-0.3, -0.25) is 4.40 Å². The fourth-order valence-corrected chi connectivity index (χ4v) is 3.88. The van der Waals surface area contributed by atoms with Crippen molar-refractivity contribution in [1.29, 1.82) is 0 Å². The number of carboxylic acids is 1. The lowest BCUT2D eigenvalue weighted by Crippen LogP contribution is -1.97. The zero-order valence-electron chi connectivity index (χ0n) is 13.6. The van der Waals surface area contributed by atoms with E-state index in [9.17, 15) is 9.90 Å². The van der Waals surface area contributed by atoms with Gasteiger partial charge in [-0.1, -0.05) is 72.9 Å². The molecule has 0 fully saturated rings. The van der Waals surface area contributed by atoms with Gasteiger partial charge in [-0.05, 0) is 12.0 Å². The number of carboxylic acid groups (broad SMARTS) is 1. The minimum absolute atomic E-state index is 0.307. The van der Waals surface area contributed by atoms with Crippen LogP contribution in [0.3, 0.4) is 0 Å². The number of imidazole rings is 1. The lowest BCUT2D eigenvalue weighted by molar-refractivity contribution is 0.0702. The van der Waals surface area contributed by atoms with Gasteiger partial charge in [0, 0.05) is 17.3 Å². The Labute approximate surface area is 149 Å². The van der Waals surface area contributed by atoms with E-state index in [2.05, 4.69) is 36.2 Å². The highest BCUT2D eigenvalue weighted by atomic mass is 32.1. The standard InChI is InChI=1S/C20H16N2O2S/c1-2-13-8-10-14(11-9-13)16-12-22-17(15-6-4-3-5-7-15)18(19(23)24)25-20(22)21-16/h3-12H,2H2,1H3,(H,23,24). The maximum Gasteiger partial charge on any atom is 0.348 e. The van der Waals surface area contributed by atoms with Crippen LogP contribution < -0.4 is 0 Å². The molecule has 2 heterocycles. The number of aromatic carboxylic acids is 1. The van der Waals surface area contributed by atoms with Gasteiger partial charge in [0.05, 0.1) is 11.4 Å². The Hall–Kier alpha value is -2.92. The summed E-state index contributed by atoms with van der Waals surface area (Å²) in [5, 5.41) is 9.56. The van der Waals surface area contributed by atoms with Crippen molar-refractivity contribution in [3.8, 4) is 22.5 Å². The molecule has 0 aliphatic heterocycles. The van der Waals surface area contributed by atoms with E-state index >= 15 is 0 Å². The first-order valence-electron chi connectivity index (χ1n) is 8.07. The van der Waals surface area contributed by atoms with Gasteiger partial charge in [-0.2, -0.15) is 0 Å². The lowest BCUT2D eigenvalue weighted by Gasteiger charge is -2.02. The molecule has 0 bridgehead atoms. The summed E-state index contributed by atoms with van der Waals surface area (Å²) in [6.07, 6.45) is 2.92. The number of nitrogens with zero attached hydrogens (tertiary/aromatic N) is 2. The van der Waals surface area contributed by atoms with Crippen LogP contribution in [-0.4, -0.2) is 20.5 Å². The first-order valence-corrected chi connectivity index (χ1v) is 8.89. The molecule has 1 N–H and O–H groups in total. The molecule has 0 amide bonds. The van der Waals surface area contributed by atoms with Crippen LogP contribution in [-0.2, 0) is 6.42 Å². The topological polar surface area (TPSA) is 54.6 Å². The predicted molar refractivity (Wildman–Crippen MR) is 100 cm³/mol. The van der Waals surface area contributed by atoms with E-state index < -0.39 is 5.97 Å². The third-order valence-electron chi connectivity index (χ3n) is 4.22. The van der Waals surface area contributed by atoms with Crippen molar-refractivity contribution in [3.05, 3.63) is 71.2 Å². The molecule has 124 valence electrons. The van der Waals surface area contributed by atoms with E-state index in [0.29, 0.717) is 15.5 Å². The Morgan fingerprint density at radius 3 is 2.44 bits per heavy atom. The second kappa shape index (κ2) is 6.18. The SMILES string of the molecule is CCc1ccc(-c2cn3c(-c4ccccc4)c(C(=O)O)sc3n2)cc1. The normalized spacial score (nSPS) is 11.1. The summed E-state index contributed by atoms with van der Waals surface area (Å²) in [7, 11) is 0. The summed E-state index contributed by atoms with van der Waals surface area (Å²) in [6.45, 7) is 2.13. The second-order valence-corrected chi connectivity index (χ2v) is 6.76. The van der Waals surface area contributed by atoms with Crippen molar-refractivity contribution >= 4 is 22.3 Å². The van der Waals surface area contributed by atoms with Gasteiger partial charge in [-0.25, -0.2) is 9.78 Å². The number of fused-ring (bicyclic) bond motifs is 1. The first-order chi connectivity index (χ1) is 12.2. The zero-order chi connectivity index (χ0) is 17.4. The molecule has 2 aromatic carbocycles. The minimum atomic E-state index is -0.928. The minimum Gasteiger partial charge on any atom is -0.477 e. The fraction of sp³-hybridized carbons (Fsp3) is 0.100. The van der Waals surface area contributed by atoms with Crippen molar-refractivity contribution < 1.29 is 9.90 Å². The highest BCUT2D eigenvalue weighted by molar-refractivity contribution is 7.19. The summed E-state index contributed by atoms with van der Waals surface area (Å²) in [6, 6.07) is 17.9. The Morgan fingerprint density at radius 1 is 1.08 bits per heavy atom. The average Bonchev–Trinajstić information content (AvgIpc) is 3.20. The van der Waals surface area contributed by atoms with E-state index in [4.69, 9.17) is 0 Å². The van der Waals surface area contributed by atoms with Gasteiger partial charge in [0.25, 0.3) is 0 Å². The Kier molecular flexibility index (Phi) is 3.86. The van der Waals surface area contributed by atoms with Gasteiger partial charge in [0.15, 0.2) is 4.96 Å². The number of thiazole rings is 1. The van der Waals surface area contributed by atoms with E-state index in [1.54, 1.807) is 0 Å². The first kappa shape index (κ1) is 15.6. The Bertz CT molecular complexity index is 1050. The lowest BCUT2D eigenvalue weighted by atomic mass is 10.1. The number of benzene rings is 2. The molecule has 0 spiro atoms. The molecular formula is C20H16N2O2S. The molecule has 5 heteroatoms. The predicted octanol–water partition coefficient (Wildman–Crippen LogP) is 4.99. The van der Waals surface area contributed by atoms with Gasteiger partial charge in [-0.15, -0.1) is 0 Å². The molecule has 0 atom stereocenters. The van der Waals surface area contributed by atoms with Crippen LogP contribution >= 0.6 is 11.3 Å². The van der Waals surface area contributed by atoms with Crippen molar-refractivity contribution in [1.82, 2.24) is 9.38 Å². The molecular weight excluding hydrogens is 332 g/mol. The van der Waals surface area contributed by atoms with Crippen LogP contribution in [0.1, 0.15) is 22.2 Å². The molecule has 0 saturated heterocycles. The van der Waals surface area contributed by atoms with Crippen LogP contribution in [0.25, 0.3) is 27.5 Å². The maximum atomic E-state index is 11.7. The van der Waals surface area contributed by atoms with Gasteiger partial charge < -0.3 is 5.11 Å². The molecule has 4 rings (SSSR count). The number of rotatable bonds is 4. The van der Waals surface area contributed by atoms with E-state index in [0.717, 1.165) is 23.2 Å². The van der Waals surface area contributed by atoms with Crippen LogP contribution in [0.5, 0.6) is 0 Å². The Balaban J connectivity index is 1.89. The van der Waals surface area contributed by atoms with Crippen molar-refractivity contribution in [3.63, 3.8) is 0 Å². The number of aryl methyl sites for hydroxylation is 1. The summed E-state index contributed by atoms with van der Waals surface area (Å²) in [5.41, 5.74) is 4.71. The maximum absolute atomic E-state index is 11.7. The zero-order valence-corrected chi connectivity index (χ0v) is 14.5. The monoisotopic (exact) mass is 348 g/mol. The summed E-state index contributed by atoms with van der Waals surface area (Å²) >= 11 is 1.20. The highest BCUT2D eigenvalue weighted by Gasteiger charge is 2.21. The smallest absolute Gasteiger partial charge is 0.348 e. The molecule has 0 aliphatic rings. The van der Waals surface area contributed by atoms with Crippen molar-refractivity contribution in [2.24, 2.45) is 0 Å². The second-order valence-electron chi connectivity index (χ2n) is 5.78. The fourth-order valence-electron chi connectivity index (χ4n) is 2.91.